The molecule has 0 spiro atoms. The lowest BCUT2D eigenvalue weighted by molar-refractivity contribution is -0.386. The molecule has 0 saturated carbocycles. The molecule has 0 atom stereocenters. The van der Waals surface area contributed by atoms with Crippen molar-refractivity contribution >= 4 is 35.4 Å². The summed E-state index contributed by atoms with van der Waals surface area (Å²) in [4.78, 5) is 49.6. The van der Waals surface area contributed by atoms with Gasteiger partial charge in [0.1, 0.15) is 5.69 Å². The summed E-state index contributed by atoms with van der Waals surface area (Å²) in [6, 6.07) is 10.7. The monoisotopic (exact) mass is 443 g/mol. The minimum absolute atomic E-state index is 0.148. The van der Waals surface area contributed by atoms with Crippen molar-refractivity contribution < 1.29 is 19.2 Å². The van der Waals surface area contributed by atoms with Crippen LogP contribution in [-0.2, 0) is 0 Å². The number of nitrogens with one attached hydrogen (secondary N) is 2. The number of nitro groups is 1. The lowest BCUT2D eigenvalue weighted by Crippen LogP contribution is -2.25. The van der Waals surface area contributed by atoms with Gasteiger partial charge in [0.2, 0.25) is 0 Å². The van der Waals surface area contributed by atoms with Gasteiger partial charge in [0.05, 0.1) is 17.6 Å². The van der Waals surface area contributed by atoms with E-state index in [9.17, 15) is 24.5 Å². The van der Waals surface area contributed by atoms with Gasteiger partial charge in [0, 0.05) is 5.02 Å². The molecule has 0 amide bonds. The first-order valence-corrected chi connectivity index (χ1v) is 9.01. The summed E-state index contributed by atoms with van der Waals surface area (Å²) in [5.41, 5.74) is -2.26. The fourth-order valence-corrected chi connectivity index (χ4v) is 2.72. The zero-order valence-electron chi connectivity index (χ0n) is 15.9. The maximum atomic E-state index is 12.3. The molecule has 10 nitrogen and oxygen atoms in total. The van der Waals surface area contributed by atoms with E-state index in [-0.39, 0.29) is 17.2 Å². The van der Waals surface area contributed by atoms with Gasteiger partial charge in [-0.25, -0.2) is 9.59 Å². The van der Waals surface area contributed by atoms with E-state index in [1.54, 1.807) is 23.2 Å². The summed E-state index contributed by atoms with van der Waals surface area (Å²) in [6.45, 7) is 0. The standard InChI is InChI=1S/C20H14ClN3O7/c1-30-16-10-11(2-8-14-17(24(28)29)18(25)23-20(27)22-14)3-9-15(16)31-19(26)12-4-6-13(21)7-5-12/h2-10H,1H3,(H2,22,23,25,27). The van der Waals surface area contributed by atoms with Gasteiger partial charge in [0.15, 0.2) is 11.5 Å². The summed E-state index contributed by atoms with van der Waals surface area (Å²) in [5.74, 6) is -0.247. The third-order valence-electron chi connectivity index (χ3n) is 4.04. The number of aromatic amines is 2. The molecule has 0 aliphatic heterocycles. The quantitative estimate of drug-likeness (QED) is 0.258. The molecule has 0 bridgehead atoms. The molecule has 0 saturated heterocycles. The summed E-state index contributed by atoms with van der Waals surface area (Å²) in [7, 11) is 1.38. The number of esters is 1. The van der Waals surface area contributed by atoms with Gasteiger partial charge in [-0.2, -0.15) is 0 Å². The molecule has 1 aromatic heterocycles. The first-order valence-electron chi connectivity index (χ1n) is 8.63. The third kappa shape index (κ3) is 5.06. The molecular weight excluding hydrogens is 430 g/mol. The predicted octanol–water partition coefficient (Wildman–Crippen LogP) is 3.02. The van der Waals surface area contributed by atoms with E-state index in [0.717, 1.165) is 0 Å². The first kappa shape index (κ1) is 21.5. The van der Waals surface area contributed by atoms with Gasteiger partial charge in [-0.05, 0) is 48.0 Å². The molecule has 2 N–H and O–H groups in total. The number of rotatable bonds is 6. The van der Waals surface area contributed by atoms with Crippen LogP contribution in [0.2, 0.25) is 5.02 Å². The second kappa shape index (κ2) is 9.09. The van der Waals surface area contributed by atoms with Crippen LogP contribution in [0.25, 0.3) is 12.2 Å². The van der Waals surface area contributed by atoms with Crippen LogP contribution in [0.3, 0.4) is 0 Å². The Balaban J connectivity index is 1.88. The van der Waals surface area contributed by atoms with Crippen molar-refractivity contribution in [2.75, 3.05) is 7.11 Å². The Bertz CT molecular complexity index is 1290. The number of nitrogens with zero attached hydrogens (tertiary/aromatic N) is 1. The predicted molar refractivity (Wildman–Crippen MR) is 113 cm³/mol. The topological polar surface area (TPSA) is 144 Å². The molecule has 0 radical (unpaired) electrons. The summed E-state index contributed by atoms with van der Waals surface area (Å²) in [6.07, 6.45) is 2.63. The minimum Gasteiger partial charge on any atom is -0.493 e. The number of hydrogen-bond donors (Lipinski definition) is 2. The van der Waals surface area contributed by atoms with E-state index >= 15 is 0 Å². The van der Waals surface area contributed by atoms with Crippen LogP contribution in [0.1, 0.15) is 21.6 Å². The highest BCUT2D eigenvalue weighted by Crippen LogP contribution is 2.30. The molecule has 1 heterocycles. The maximum absolute atomic E-state index is 12.3. The average molecular weight is 444 g/mol. The molecule has 0 fully saturated rings. The number of halogens is 1. The highest BCUT2D eigenvalue weighted by atomic mass is 35.5. The number of ether oxygens (including phenoxy) is 2. The Morgan fingerprint density at radius 3 is 2.42 bits per heavy atom. The van der Waals surface area contributed by atoms with Crippen LogP contribution in [0.15, 0.2) is 52.1 Å². The minimum atomic E-state index is -1.12. The van der Waals surface area contributed by atoms with E-state index in [1.165, 1.54) is 43.5 Å². The van der Waals surface area contributed by atoms with Crippen molar-refractivity contribution in [3.8, 4) is 11.5 Å². The van der Waals surface area contributed by atoms with Crippen LogP contribution in [0.5, 0.6) is 11.5 Å². The number of hydrogen-bond acceptors (Lipinski definition) is 7. The molecule has 31 heavy (non-hydrogen) atoms. The van der Waals surface area contributed by atoms with Gasteiger partial charge in [-0.3, -0.25) is 19.9 Å². The normalized spacial score (nSPS) is 10.8. The number of carbonyl (C=O) groups excluding carboxylic acids is 1. The molecule has 158 valence electrons. The molecule has 0 unspecified atom stereocenters. The van der Waals surface area contributed by atoms with Crippen molar-refractivity contribution in [1.29, 1.82) is 0 Å². The van der Waals surface area contributed by atoms with Crippen molar-refractivity contribution in [3.05, 3.63) is 95.3 Å². The van der Waals surface area contributed by atoms with E-state index in [0.29, 0.717) is 16.1 Å². The Hall–Kier alpha value is -4.18. The van der Waals surface area contributed by atoms with Crippen molar-refractivity contribution in [1.82, 2.24) is 9.97 Å². The van der Waals surface area contributed by atoms with Crippen LogP contribution in [-0.4, -0.2) is 28.0 Å². The van der Waals surface area contributed by atoms with Crippen LogP contribution in [0, 0.1) is 10.1 Å². The number of carbonyl (C=O) groups is 1. The van der Waals surface area contributed by atoms with Crippen LogP contribution in [0.4, 0.5) is 5.69 Å². The van der Waals surface area contributed by atoms with E-state index < -0.39 is 27.8 Å². The van der Waals surface area contributed by atoms with Crippen molar-refractivity contribution in [3.63, 3.8) is 0 Å². The van der Waals surface area contributed by atoms with Crippen molar-refractivity contribution in [2.24, 2.45) is 0 Å². The fraction of sp³-hybridized carbons (Fsp3) is 0.0500. The molecule has 0 aliphatic rings. The summed E-state index contributed by atoms with van der Waals surface area (Å²) < 4.78 is 10.6. The third-order valence-corrected chi connectivity index (χ3v) is 4.29. The Morgan fingerprint density at radius 2 is 1.77 bits per heavy atom. The van der Waals surface area contributed by atoms with Gasteiger partial charge in [0.25, 0.3) is 0 Å². The smallest absolute Gasteiger partial charge is 0.357 e. The van der Waals surface area contributed by atoms with E-state index in [2.05, 4.69) is 4.98 Å². The van der Waals surface area contributed by atoms with Gasteiger partial charge >= 0.3 is 22.9 Å². The van der Waals surface area contributed by atoms with Crippen LogP contribution >= 0.6 is 11.6 Å². The Kier molecular flexibility index (Phi) is 6.32. The largest absolute Gasteiger partial charge is 0.493 e. The van der Waals surface area contributed by atoms with E-state index in [1.807, 2.05) is 0 Å². The Morgan fingerprint density at radius 1 is 1.06 bits per heavy atom. The van der Waals surface area contributed by atoms with Gasteiger partial charge in [-0.15, -0.1) is 0 Å². The molecule has 3 aromatic rings. The summed E-state index contributed by atoms with van der Waals surface area (Å²) >= 11 is 5.81. The Labute approximate surface area is 178 Å². The highest BCUT2D eigenvalue weighted by Gasteiger charge is 2.19. The first-order chi connectivity index (χ1) is 14.8. The number of H-pyrrole nitrogens is 2. The van der Waals surface area contributed by atoms with Crippen molar-refractivity contribution in [2.45, 2.75) is 0 Å². The molecular formula is C20H14ClN3O7. The van der Waals surface area contributed by atoms with Gasteiger partial charge < -0.3 is 14.5 Å². The zero-order valence-corrected chi connectivity index (χ0v) is 16.6. The van der Waals surface area contributed by atoms with E-state index in [4.69, 9.17) is 21.1 Å². The lowest BCUT2D eigenvalue weighted by atomic mass is 10.1. The second-order valence-electron chi connectivity index (χ2n) is 6.07. The molecule has 3 rings (SSSR count). The lowest BCUT2D eigenvalue weighted by Gasteiger charge is -2.10. The molecule has 11 heteroatoms. The number of benzene rings is 2. The SMILES string of the molecule is COc1cc(C=Cc2[nH]c(=O)[nH]c(=O)c2[N+](=O)[O-])ccc1OC(=O)c1ccc(Cl)cc1. The zero-order chi connectivity index (χ0) is 22.5. The van der Waals surface area contributed by atoms with Gasteiger partial charge in [-0.1, -0.05) is 23.7 Å². The number of aromatic nitrogens is 2. The number of methoxy groups -OCH3 is 1. The summed E-state index contributed by atoms with van der Waals surface area (Å²) in [5, 5.41) is 11.6. The van der Waals surface area contributed by atoms with Crippen LogP contribution < -0.4 is 20.7 Å². The maximum Gasteiger partial charge on any atom is 0.357 e. The second-order valence-corrected chi connectivity index (χ2v) is 6.50. The average Bonchev–Trinajstić information content (AvgIpc) is 2.72. The molecule has 0 aliphatic carbocycles. The highest BCUT2D eigenvalue weighted by molar-refractivity contribution is 6.30. The fourth-order valence-electron chi connectivity index (χ4n) is 2.60. The molecule has 2 aromatic carbocycles.